The van der Waals surface area contributed by atoms with E-state index in [1.165, 1.54) is 0 Å². The van der Waals surface area contributed by atoms with E-state index in [2.05, 4.69) is 89.0 Å². The van der Waals surface area contributed by atoms with Gasteiger partial charge in [0, 0.05) is 23.9 Å². The SMILES string of the molecule is CCOC(=O)c1nn(CCNC(=O)OC(C)(C)C)c2c1CCc1nn(C(c3ccccc3)(c3ccccc3)c3ccccc3)cc1-2. The molecule has 0 aliphatic heterocycles. The van der Waals surface area contributed by atoms with Gasteiger partial charge in [0.1, 0.15) is 11.1 Å². The summed E-state index contributed by atoms with van der Waals surface area (Å²) in [5.41, 5.74) is 5.54. The number of hydrogen-bond acceptors (Lipinski definition) is 6. The molecule has 2 heterocycles. The number of aromatic nitrogens is 4. The number of carbonyl (C=O) groups excluding carboxylic acids is 2. The number of aryl methyl sites for hydroxylation is 1. The molecule has 3 aromatic carbocycles. The van der Waals surface area contributed by atoms with Crippen molar-refractivity contribution in [1.29, 1.82) is 0 Å². The van der Waals surface area contributed by atoms with E-state index in [-0.39, 0.29) is 13.2 Å². The topological polar surface area (TPSA) is 100 Å². The summed E-state index contributed by atoms with van der Waals surface area (Å²) in [4.78, 5) is 25.5. The molecule has 236 valence electrons. The lowest BCUT2D eigenvalue weighted by Crippen LogP contribution is -2.38. The molecule has 0 spiro atoms. The third-order valence-electron chi connectivity index (χ3n) is 8.09. The van der Waals surface area contributed by atoms with E-state index in [0.717, 1.165) is 39.2 Å². The molecule has 0 fully saturated rings. The van der Waals surface area contributed by atoms with Gasteiger partial charge in [0.2, 0.25) is 0 Å². The molecule has 1 aliphatic carbocycles. The van der Waals surface area contributed by atoms with Gasteiger partial charge < -0.3 is 14.8 Å². The number of benzene rings is 3. The van der Waals surface area contributed by atoms with Gasteiger partial charge in [-0.2, -0.15) is 10.2 Å². The quantitative estimate of drug-likeness (QED) is 0.152. The molecule has 5 aromatic rings. The average Bonchev–Trinajstić information content (AvgIpc) is 3.64. The first-order chi connectivity index (χ1) is 22.2. The first kappa shape index (κ1) is 30.8. The van der Waals surface area contributed by atoms with E-state index in [1.54, 1.807) is 11.6 Å². The van der Waals surface area contributed by atoms with Gasteiger partial charge in [0.25, 0.3) is 0 Å². The molecule has 6 rings (SSSR count). The van der Waals surface area contributed by atoms with Gasteiger partial charge >= 0.3 is 12.1 Å². The fourth-order valence-corrected chi connectivity index (χ4v) is 6.28. The summed E-state index contributed by atoms with van der Waals surface area (Å²) in [6, 6.07) is 31.2. The standard InChI is InChI=1S/C37H39N5O4/c1-5-45-34(43)32-29-21-22-31-30(33(29)41(40-32)24-23-38-35(44)46-36(2,3)4)25-42(39-31)37(26-15-9-6-10-16-26,27-17-11-7-12-18-27)28-19-13-8-14-20-28/h6-20,25H,5,21-24H2,1-4H3,(H,38,44). The highest BCUT2D eigenvalue weighted by Gasteiger charge is 2.41. The van der Waals surface area contributed by atoms with Crippen molar-refractivity contribution in [1.82, 2.24) is 24.9 Å². The molecule has 46 heavy (non-hydrogen) atoms. The van der Waals surface area contributed by atoms with Crippen LogP contribution in [0.25, 0.3) is 11.3 Å². The summed E-state index contributed by atoms with van der Waals surface area (Å²) in [6.45, 7) is 8.08. The number of amides is 1. The summed E-state index contributed by atoms with van der Waals surface area (Å²) in [7, 11) is 0. The molecule has 0 saturated carbocycles. The largest absolute Gasteiger partial charge is 0.461 e. The Bertz CT molecular complexity index is 1730. The lowest BCUT2D eigenvalue weighted by molar-refractivity contribution is 0.0506. The normalized spacial score (nSPS) is 12.6. The molecule has 0 unspecified atom stereocenters. The van der Waals surface area contributed by atoms with Crippen molar-refractivity contribution >= 4 is 12.1 Å². The lowest BCUT2D eigenvalue weighted by Gasteiger charge is -2.36. The summed E-state index contributed by atoms with van der Waals surface area (Å²) in [5, 5.41) is 12.9. The molecule has 0 atom stereocenters. The van der Waals surface area contributed by atoms with Crippen molar-refractivity contribution in [3.63, 3.8) is 0 Å². The monoisotopic (exact) mass is 617 g/mol. The van der Waals surface area contributed by atoms with Crippen molar-refractivity contribution < 1.29 is 19.1 Å². The zero-order chi connectivity index (χ0) is 32.3. The predicted molar refractivity (Wildman–Crippen MR) is 176 cm³/mol. The van der Waals surface area contributed by atoms with Gasteiger partial charge in [-0.3, -0.25) is 9.36 Å². The number of nitrogens with one attached hydrogen (secondary N) is 1. The molecule has 1 amide bonds. The van der Waals surface area contributed by atoms with Crippen LogP contribution in [0, 0.1) is 0 Å². The summed E-state index contributed by atoms with van der Waals surface area (Å²) in [5.74, 6) is -0.458. The van der Waals surface area contributed by atoms with Crippen LogP contribution < -0.4 is 5.32 Å². The zero-order valence-electron chi connectivity index (χ0n) is 26.7. The van der Waals surface area contributed by atoms with Crippen LogP contribution >= 0.6 is 0 Å². The van der Waals surface area contributed by atoms with Crippen LogP contribution in [-0.2, 0) is 34.4 Å². The molecule has 9 nitrogen and oxygen atoms in total. The third kappa shape index (κ3) is 5.80. The molecule has 1 N–H and O–H groups in total. The maximum Gasteiger partial charge on any atom is 0.407 e. The minimum absolute atomic E-state index is 0.248. The van der Waals surface area contributed by atoms with Crippen molar-refractivity contribution in [2.75, 3.05) is 13.2 Å². The highest BCUT2D eigenvalue weighted by Crippen LogP contribution is 2.43. The Morgan fingerprint density at radius 1 is 0.826 bits per heavy atom. The Kier molecular flexibility index (Phi) is 8.49. The number of ether oxygens (including phenoxy) is 2. The average molecular weight is 618 g/mol. The highest BCUT2D eigenvalue weighted by molar-refractivity contribution is 5.92. The molecule has 2 aromatic heterocycles. The van der Waals surface area contributed by atoms with E-state index in [4.69, 9.17) is 19.7 Å². The number of nitrogens with zero attached hydrogens (tertiary/aromatic N) is 4. The minimum Gasteiger partial charge on any atom is -0.461 e. The minimum atomic E-state index is -0.783. The zero-order valence-corrected chi connectivity index (χ0v) is 26.7. The molecular formula is C37H39N5O4. The first-order valence-corrected chi connectivity index (χ1v) is 15.7. The van der Waals surface area contributed by atoms with Gasteiger partial charge in [-0.25, -0.2) is 9.59 Å². The number of carbonyl (C=O) groups is 2. The van der Waals surface area contributed by atoms with Crippen molar-refractivity contribution in [2.24, 2.45) is 0 Å². The van der Waals surface area contributed by atoms with Crippen LogP contribution in [0.1, 0.15) is 66.1 Å². The van der Waals surface area contributed by atoms with Gasteiger partial charge in [0.05, 0.1) is 24.5 Å². The van der Waals surface area contributed by atoms with Crippen molar-refractivity contribution in [3.8, 4) is 11.3 Å². The van der Waals surface area contributed by atoms with E-state index in [0.29, 0.717) is 25.1 Å². The summed E-state index contributed by atoms with van der Waals surface area (Å²) in [6.07, 6.45) is 2.79. The molecular weight excluding hydrogens is 578 g/mol. The Morgan fingerprint density at radius 2 is 1.39 bits per heavy atom. The van der Waals surface area contributed by atoms with Gasteiger partial charge in [0.15, 0.2) is 5.69 Å². The maximum atomic E-state index is 13.1. The summed E-state index contributed by atoms with van der Waals surface area (Å²) < 4.78 is 14.7. The molecule has 1 aliphatic rings. The van der Waals surface area contributed by atoms with E-state index < -0.39 is 23.2 Å². The van der Waals surface area contributed by atoms with Crippen molar-refractivity contribution in [3.05, 3.63) is 131 Å². The second-order valence-electron chi connectivity index (χ2n) is 12.3. The Labute approximate surface area is 269 Å². The Morgan fingerprint density at radius 3 is 1.91 bits per heavy atom. The molecule has 9 heteroatoms. The van der Waals surface area contributed by atoms with Crippen molar-refractivity contribution in [2.45, 2.75) is 58.2 Å². The van der Waals surface area contributed by atoms with Gasteiger partial charge in [-0.15, -0.1) is 0 Å². The van der Waals surface area contributed by atoms with E-state index >= 15 is 0 Å². The fraction of sp³-hybridized carbons (Fsp3) is 0.297. The second kappa shape index (κ2) is 12.7. The Hall–Kier alpha value is -5.18. The first-order valence-electron chi connectivity index (χ1n) is 15.7. The summed E-state index contributed by atoms with van der Waals surface area (Å²) >= 11 is 0. The number of alkyl carbamates (subject to hydrolysis) is 1. The molecule has 0 saturated heterocycles. The fourth-order valence-electron chi connectivity index (χ4n) is 6.28. The van der Waals surface area contributed by atoms with Crippen LogP contribution in [0.2, 0.25) is 0 Å². The number of esters is 1. The lowest BCUT2D eigenvalue weighted by atomic mass is 9.77. The number of fused-ring (bicyclic) bond motifs is 3. The molecule has 0 bridgehead atoms. The van der Waals surface area contributed by atoms with Crippen LogP contribution in [0.3, 0.4) is 0 Å². The van der Waals surface area contributed by atoms with E-state index in [9.17, 15) is 9.59 Å². The maximum absolute atomic E-state index is 13.1. The predicted octanol–water partition coefficient (Wildman–Crippen LogP) is 6.39. The van der Waals surface area contributed by atoms with E-state index in [1.807, 2.05) is 39.0 Å². The van der Waals surface area contributed by atoms with Crippen LogP contribution in [0.4, 0.5) is 4.79 Å². The van der Waals surface area contributed by atoms with Crippen LogP contribution in [0.5, 0.6) is 0 Å². The smallest absolute Gasteiger partial charge is 0.407 e. The third-order valence-corrected chi connectivity index (χ3v) is 8.09. The van der Waals surface area contributed by atoms with Crippen LogP contribution in [-0.4, -0.2) is 50.4 Å². The molecule has 0 radical (unpaired) electrons. The number of rotatable bonds is 9. The van der Waals surface area contributed by atoms with Gasteiger partial charge in [-0.1, -0.05) is 91.0 Å². The highest BCUT2D eigenvalue weighted by atomic mass is 16.6. The van der Waals surface area contributed by atoms with Gasteiger partial charge in [-0.05, 0) is 57.2 Å². The van der Waals surface area contributed by atoms with Crippen LogP contribution in [0.15, 0.2) is 97.2 Å². The number of hydrogen-bond donors (Lipinski definition) is 1. The Balaban J connectivity index is 1.50. The second-order valence-corrected chi connectivity index (χ2v) is 12.3.